The van der Waals surface area contributed by atoms with Gasteiger partial charge in [0.1, 0.15) is 0 Å². The molecule has 3 aliphatic rings. The van der Waals surface area contributed by atoms with Crippen molar-refractivity contribution in [3.05, 3.63) is 23.0 Å². The predicted octanol–water partition coefficient (Wildman–Crippen LogP) is 3.13. The average Bonchev–Trinajstić information content (AvgIpc) is 3.08. The maximum absolute atomic E-state index is 13.6. The molecule has 3 atom stereocenters. The molecule has 0 aliphatic carbocycles. The van der Waals surface area contributed by atoms with Gasteiger partial charge in [-0.05, 0) is 50.0 Å². The Hall–Kier alpha value is -2.44. The first-order valence-electron chi connectivity index (χ1n) is 10.8. The van der Waals surface area contributed by atoms with E-state index in [-0.39, 0.29) is 11.8 Å². The summed E-state index contributed by atoms with van der Waals surface area (Å²) >= 11 is 0. The van der Waals surface area contributed by atoms with E-state index in [2.05, 4.69) is 28.9 Å². The Morgan fingerprint density at radius 2 is 2.10 bits per heavy atom. The van der Waals surface area contributed by atoms with Gasteiger partial charge in [0, 0.05) is 37.8 Å². The molecule has 0 aromatic carbocycles. The van der Waals surface area contributed by atoms with Crippen LogP contribution in [0.25, 0.3) is 11.1 Å². The molecule has 7 heteroatoms. The Kier molecular flexibility index (Phi) is 4.37. The fourth-order valence-corrected chi connectivity index (χ4v) is 5.52. The number of fused-ring (bicyclic) bond motifs is 5. The molecule has 154 valence electrons. The van der Waals surface area contributed by atoms with Crippen molar-refractivity contribution >= 4 is 22.9 Å². The average molecular weight is 396 g/mol. The van der Waals surface area contributed by atoms with Crippen LogP contribution in [0.5, 0.6) is 0 Å². The Morgan fingerprint density at radius 3 is 2.90 bits per heavy atom. The number of carbonyl (C=O) groups is 2. The van der Waals surface area contributed by atoms with Crippen LogP contribution in [0.2, 0.25) is 0 Å². The molecule has 5 rings (SSSR count). The summed E-state index contributed by atoms with van der Waals surface area (Å²) in [5.74, 6) is 1.27. The molecule has 2 aromatic heterocycles. The van der Waals surface area contributed by atoms with Crippen molar-refractivity contribution in [3.8, 4) is 0 Å². The minimum absolute atomic E-state index is 0.0379. The summed E-state index contributed by atoms with van der Waals surface area (Å²) in [6.45, 7) is 8.19. The van der Waals surface area contributed by atoms with Gasteiger partial charge in [-0.3, -0.25) is 9.59 Å². The van der Waals surface area contributed by atoms with E-state index in [1.165, 1.54) is 0 Å². The summed E-state index contributed by atoms with van der Waals surface area (Å²) in [6.07, 6.45) is 3.83. The number of piperidine rings is 3. The van der Waals surface area contributed by atoms with Gasteiger partial charge in [-0.2, -0.15) is 0 Å². The zero-order valence-corrected chi connectivity index (χ0v) is 17.4. The number of hydrogen-bond acceptors (Lipinski definition) is 5. The third-order valence-electron chi connectivity index (χ3n) is 6.93. The van der Waals surface area contributed by atoms with Crippen molar-refractivity contribution in [2.24, 2.45) is 11.8 Å². The van der Waals surface area contributed by atoms with Crippen LogP contribution in [0.1, 0.15) is 67.2 Å². The summed E-state index contributed by atoms with van der Waals surface area (Å²) < 4.78 is 5.40. The zero-order chi connectivity index (χ0) is 20.3. The molecule has 7 nitrogen and oxygen atoms in total. The van der Waals surface area contributed by atoms with Crippen LogP contribution in [-0.4, -0.2) is 57.4 Å². The summed E-state index contributed by atoms with van der Waals surface area (Å²) in [6, 6.07) is 2.21. The second kappa shape index (κ2) is 6.82. The molecule has 0 N–H and O–H groups in total. The number of amides is 2. The lowest BCUT2D eigenvalue weighted by Crippen LogP contribution is -2.61. The maximum Gasteiger partial charge on any atom is 0.259 e. The van der Waals surface area contributed by atoms with Gasteiger partial charge in [-0.1, -0.05) is 19.0 Å². The molecule has 5 heterocycles. The lowest BCUT2D eigenvalue weighted by atomic mass is 9.76. The standard InChI is InChI=1S/C22H28N4O3/c1-12(2)17-8-16(20-13(3)24-29-21(20)23-17)22(28)25-9-14-7-15(11-25)18-5-4-6-19(27)26(18)10-14/h8,12,14-15,18H,4-7,9-11H2,1-3H3. The van der Waals surface area contributed by atoms with E-state index in [0.717, 1.165) is 43.4 Å². The zero-order valence-electron chi connectivity index (χ0n) is 17.4. The molecule has 0 radical (unpaired) electrons. The number of aryl methyl sites for hydroxylation is 1. The quantitative estimate of drug-likeness (QED) is 0.779. The molecule has 2 bridgehead atoms. The highest BCUT2D eigenvalue weighted by Crippen LogP contribution is 2.38. The highest BCUT2D eigenvalue weighted by Gasteiger charge is 2.45. The first kappa shape index (κ1) is 18.6. The van der Waals surface area contributed by atoms with Gasteiger partial charge in [0.15, 0.2) is 0 Å². The lowest BCUT2D eigenvalue weighted by Gasteiger charge is -2.52. The van der Waals surface area contributed by atoms with Crippen molar-refractivity contribution in [3.63, 3.8) is 0 Å². The topological polar surface area (TPSA) is 79.5 Å². The van der Waals surface area contributed by atoms with Crippen LogP contribution in [0.4, 0.5) is 0 Å². The number of pyridine rings is 1. The maximum atomic E-state index is 13.6. The molecule has 2 amide bonds. The number of likely N-dealkylation sites (tertiary alicyclic amines) is 1. The highest BCUT2D eigenvalue weighted by molar-refractivity contribution is 6.06. The van der Waals surface area contributed by atoms with E-state index in [1.807, 2.05) is 17.9 Å². The van der Waals surface area contributed by atoms with Gasteiger partial charge in [-0.15, -0.1) is 0 Å². The fraction of sp³-hybridized carbons (Fsp3) is 0.636. The molecule has 0 saturated carbocycles. The van der Waals surface area contributed by atoms with E-state index < -0.39 is 0 Å². The predicted molar refractivity (Wildman–Crippen MR) is 107 cm³/mol. The smallest absolute Gasteiger partial charge is 0.259 e. The lowest BCUT2D eigenvalue weighted by molar-refractivity contribution is -0.144. The van der Waals surface area contributed by atoms with Gasteiger partial charge in [-0.25, -0.2) is 4.98 Å². The third-order valence-corrected chi connectivity index (χ3v) is 6.93. The molecule has 3 saturated heterocycles. The number of hydrogen-bond donors (Lipinski definition) is 0. The third kappa shape index (κ3) is 3.02. The summed E-state index contributed by atoms with van der Waals surface area (Å²) in [5, 5.41) is 4.78. The van der Waals surface area contributed by atoms with Crippen LogP contribution in [-0.2, 0) is 4.79 Å². The Balaban J connectivity index is 1.47. The van der Waals surface area contributed by atoms with Crippen molar-refractivity contribution < 1.29 is 14.1 Å². The molecule has 0 spiro atoms. The SMILES string of the molecule is Cc1noc2nc(C(C)C)cc(C(=O)N3CC4CC(C3)C3CCCC(=O)N3C4)c12. The molecule has 29 heavy (non-hydrogen) atoms. The number of aromatic nitrogens is 2. The van der Waals surface area contributed by atoms with Crippen LogP contribution < -0.4 is 0 Å². The molecule has 3 fully saturated rings. The van der Waals surface area contributed by atoms with Gasteiger partial charge >= 0.3 is 0 Å². The Morgan fingerprint density at radius 1 is 1.28 bits per heavy atom. The van der Waals surface area contributed by atoms with Crippen molar-refractivity contribution in [1.29, 1.82) is 0 Å². The molecule has 3 aliphatic heterocycles. The van der Waals surface area contributed by atoms with Crippen LogP contribution in [0, 0.1) is 18.8 Å². The van der Waals surface area contributed by atoms with Gasteiger partial charge in [0.25, 0.3) is 11.6 Å². The normalized spacial score (nSPS) is 26.9. The largest absolute Gasteiger partial charge is 0.339 e. The highest BCUT2D eigenvalue weighted by atomic mass is 16.5. The summed E-state index contributed by atoms with van der Waals surface area (Å²) in [4.78, 5) is 34.7. The minimum Gasteiger partial charge on any atom is -0.339 e. The summed E-state index contributed by atoms with van der Waals surface area (Å²) in [7, 11) is 0. The van der Waals surface area contributed by atoms with E-state index >= 15 is 0 Å². The van der Waals surface area contributed by atoms with Crippen LogP contribution >= 0.6 is 0 Å². The molecule has 3 unspecified atom stereocenters. The first-order chi connectivity index (χ1) is 13.9. The van der Waals surface area contributed by atoms with Gasteiger partial charge < -0.3 is 14.3 Å². The van der Waals surface area contributed by atoms with E-state index in [1.54, 1.807) is 0 Å². The second-order valence-corrected chi connectivity index (χ2v) is 9.28. The first-order valence-corrected chi connectivity index (χ1v) is 10.8. The minimum atomic E-state index is 0.0379. The van der Waals surface area contributed by atoms with Gasteiger partial charge in [0.2, 0.25) is 5.91 Å². The fourth-order valence-electron chi connectivity index (χ4n) is 5.52. The van der Waals surface area contributed by atoms with Crippen LogP contribution in [0.15, 0.2) is 10.6 Å². The number of carbonyl (C=O) groups excluding carboxylic acids is 2. The molecular weight excluding hydrogens is 368 g/mol. The second-order valence-electron chi connectivity index (χ2n) is 9.28. The number of rotatable bonds is 2. The van der Waals surface area contributed by atoms with Crippen molar-refractivity contribution in [2.45, 2.75) is 58.4 Å². The molecular formula is C22H28N4O3. The van der Waals surface area contributed by atoms with E-state index in [4.69, 9.17) is 4.52 Å². The van der Waals surface area contributed by atoms with E-state index in [0.29, 0.717) is 53.7 Å². The van der Waals surface area contributed by atoms with Crippen LogP contribution in [0.3, 0.4) is 0 Å². The summed E-state index contributed by atoms with van der Waals surface area (Å²) in [5.41, 5.74) is 2.64. The number of nitrogens with zero attached hydrogens (tertiary/aromatic N) is 4. The van der Waals surface area contributed by atoms with Crippen molar-refractivity contribution in [1.82, 2.24) is 19.9 Å². The monoisotopic (exact) mass is 396 g/mol. The molecule has 2 aromatic rings. The Bertz CT molecular complexity index is 982. The van der Waals surface area contributed by atoms with Crippen molar-refractivity contribution in [2.75, 3.05) is 19.6 Å². The Labute approximate surface area is 170 Å². The van der Waals surface area contributed by atoms with Gasteiger partial charge in [0.05, 0.1) is 16.6 Å². The van der Waals surface area contributed by atoms with E-state index in [9.17, 15) is 9.59 Å².